The van der Waals surface area contributed by atoms with Gasteiger partial charge in [0.1, 0.15) is 5.82 Å². The van der Waals surface area contributed by atoms with Crippen molar-refractivity contribution in [1.29, 1.82) is 0 Å². The Kier molecular flexibility index (Phi) is 6.24. The molecular formula is C28H32N6O. The molecule has 35 heavy (non-hydrogen) atoms. The maximum atomic E-state index is 5.63. The number of ether oxygens (including phenoxy) is 1. The number of aryl methyl sites for hydroxylation is 1. The minimum atomic E-state index is 0.0424. The van der Waals surface area contributed by atoms with Gasteiger partial charge in [-0.1, -0.05) is 31.2 Å². The van der Waals surface area contributed by atoms with Crippen LogP contribution in [0.4, 0.5) is 5.82 Å². The smallest absolute Gasteiger partial charge is 0.234 e. The first kappa shape index (κ1) is 23.0. The predicted octanol–water partition coefficient (Wildman–Crippen LogP) is 6.08. The van der Waals surface area contributed by atoms with Crippen molar-refractivity contribution >= 4 is 5.82 Å². The molecule has 3 heterocycles. The van der Waals surface area contributed by atoms with Gasteiger partial charge in [0, 0.05) is 17.3 Å². The van der Waals surface area contributed by atoms with E-state index in [1.165, 1.54) is 36.0 Å². The van der Waals surface area contributed by atoms with Crippen LogP contribution in [0, 0.1) is 6.92 Å². The summed E-state index contributed by atoms with van der Waals surface area (Å²) in [6.45, 7) is 8.97. The maximum absolute atomic E-state index is 5.63. The lowest BCUT2D eigenvalue weighted by molar-refractivity contribution is 0.232. The SMILES string of the molecule is CCC1(c2ccc(-c3ccc(-c4cn[nH]c4CNc4cncc(OC(C)C)n4)nc3)cc2C)CC1. The highest BCUT2D eigenvalue weighted by atomic mass is 16.5. The van der Waals surface area contributed by atoms with Crippen LogP contribution < -0.4 is 10.1 Å². The lowest BCUT2D eigenvalue weighted by Gasteiger charge is -2.17. The molecule has 0 aliphatic heterocycles. The van der Waals surface area contributed by atoms with Crippen LogP contribution in [0.15, 0.2) is 55.1 Å². The predicted molar refractivity (Wildman–Crippen MR) is 138 cm³/mol. The van der Waals surface area contributed by atoms with E-state index in [0.717, 1.165) is 22.5 Å². The number of hydrogen-bond donors (Lipinski definition) is 2. The second-order valence-corrected chi connectivity index (χ2v) is 9.62. The van der Waals surface area contributed by atoms with Gasteiger partial charge in [-0.3, -0.25) is 15.1 Å². The zero-order valence-corrected chi connectivity index (χ0v) is 20.8. The normalized spacial score (nSPS) is 14.2. The molecule has 0 bridgehead atoms. The molecule has 0 spiro atoms. The molecule has 1 saturated carbocycles. The quantitative estimate of drug-likeness (QED) is 0.310. The molecule has 1 fully saturated rings. The molecule has 1 aromatic carbocycles. The number of nitrogens with one attached hydrogen (secondary N) is 2. The summed E-state index contributed by atoms with van der Waals surface area (Å²) in [6.07, 6.45) is 10.9. The number of pyridine rings is 1. The van der Waals surface area contributed by atoms with Gasteiger partial charge in [0.15, 0.2) is 0 Å². The fourth-order valence-electron chi connectivity index (χ4n) is 4.71. The molecule has 7 heteroatoms. The third kappa shape index (κ3) is 4.90. The van der Waals surface area contributed by atoms with Gasteiger partial charge in [-0.05, 0) is 68.2 Å². The lowest BCUT2D eigenvalue weighted by atomic mass is 9.88. The van der Waals surface area contributed by atoms with Crippen molar-refractivity contribution in [3.05, 3.63) is 71.9 Å². The standard InChI is InChI=1S/C28H32N6O/c1-5-28(10-11-28)23-8-6-20(12-19(23)4)21-7-9-24(30-13-21)22-14-32-34-25(22)15-31-26-16-29-17-27(33-26)35-18(2)3/h6-9,12-14,16-18H,5,10-11,15H2,1-4H3,(H,31,33)(H,32,34). The van der Waals surface area contributed by atoms with Gasteiger partial charge in [-0.2, -0.15) is 10.1 Å². The molecule has 1 aliphatic rings. The first-order valence-corrected chi connectivity index (χ1v) is 12.3. The van der Waals surface area contributed by atoms with Gasteiger partial charge in [-0.25, -0.2) is 0 Å². The van der Waals surface area contributed by atoms with Crippen LogP contribution in [-0.2, 0) is 12.0 Å². The Bertz CT molecular complexity index is 1310. The van der Waals surface area contributed by atoms with Crippen LogP contribution in [0.25, 0.3) is 22.4 Å². The molecule has 0 amide bonds. The van der Waals surface area contributed by atoms with Crippen LogP contribution in [0.5, 0.6) is 5.88 Å². The Morgan fingerprint density at radius 2 is 1.89 bits per heavy atom. The van der Waals surface area contributed by atoms with E-state index in [4.69, 9.17) is 9.72 Å². The highest BCUT2D eigenvalue weighted by molar-refractivity contribution is 5.69. The van der Waals surface area contributed by atoms with Crippen molar-refractivity contribution in [2.75, 3.05) is 5.32 Å². The Labute approximate surface area is 206 Å². The topological polar surface area (TPSA) is 88.6 Å². The van der Waals surface area contributed by atoms with Crippen LogP contribution >= 0.6 is 0 Å². The number of aromatic amines is 1. The van der Waals surface area contributed by atoms with Crippen LogP contribution in [0.3, 0.4) is 0 Å². The highest BCUT2D eigenvalue weighted by Crippen LogP contribution is 2.52. The Hall–Kier alpha value is -3.74. The molecule has 1 aliphatic carbocycles. The van der Waals surface area contributed by atoms with Gasteiger partial charge in [-0.15, -0.1) is 0 Å². The second kappa shape index (κ2) is 9.49. The number of H-pyrrole nitrogens is 1. The number of benzene rings is 1. The first-order valence-electron chi connectivity index (χ1n) is 12.3. The van der Waals surface area contributed by atoms with E-state index in [1.807, 2.05) is 26.2 Å². The minimum absolute atomic E-state index is 0.0424. The van der Waals surface area contributed by atoms with Crippen molar-refractivity contribution < 1.29 is 4.74 Å². The van der Waals surface area contributed by atoms with E-state index in [2.05, 4.69) is 69.7 Å². The maximum Gasteiger partial charge on any atom is 0.234 e. The minimum Gasteiger partial charge on any atom is -0.474 e. The fourth-order valence-corrected chi connectivity index (χ4v) is 4.71. The average molecular weight is 469 g/mol. The van der Waals surface area contributed by atoms with Crippen molar-refractivity contribution in [3.63, 3.8) is 0 Å². The molecule has 2 N–H and O–H groups in total. The monoisotopic (exact) mass is 468 g/mol. The van der Waals surface area contributed by atoms with Crippen LogP contribution in [0.2, 0.25) is 0 Å². The summed E-state index contributed by atoms with van der Waals surface area (Å²) in [6, 6.07) is 11.0. The van der Waals surface area contributed by atoms with Crippen LogP contribution in [-0.4, -0.2) is 31.3 Å². The number of rotatable bonds is 9. The summed E-state index contributed by atoms with van der Waals surface area (Å²) in [4.78, 5) is 13.4. The molecule has 0 saturated heterocycles. The molecule has 4 aromatic rings. The molecule has 0 unspecified atom stereocenters. The van der Waals surface area contributed by atoms with E-state index in [1.54, 1.807) is 12.4 Å². The third-order valence-corrected chi connectivity index (χ3v) is 6.83. The molecule has 180 valence electrons. The van der Waals surface area contributed by atoms with E-state index in [-0.39, 0.29) is 6.10 Å². The fraction of sp³-hybridized carbons (Fsp3) is 0.357. The highest BCUT2D eigenvalue weighted by Gasteiger charge is 2.43. The molecular weight excluding hydrogens is 436 g/mol. The summed E-state index contributed by atoms with van der Waals surface area (Å²) in [5.41, 5.74) is 8.38. The van der Waals surface area contributed by atoms with Gasteiger partial charge in [0.25, 0.3) is 0 Å². The molecule has 7 nitrogen and oxygen atoms in total. The van der Waals surface area contributed by atoms with Crippen molar-refractivity contribution in [3.8, 4) is 28.3 Å². The van der Waals surface area contributed by atoms with Gasteiger partial charge < -0.3 is 10.1 Å². The Morgan fingerprint density at radius 1 is 1.06 bits per heavy atom. The zero-order valence-electron chi connectivity index (χ0n) is 20.8. The Morgan fingerprint density at radius 3 is 2.57 bits per heavy atom. The number of anilines is 1. The summed E-state index contributed by atoms with van der Waals surface area (Å²) in [5.74, 6) is 1.14. The van der Waals surface area contributed by atoms with Gasteiger partial charge >= 0.3 is 0 Å². The van der Waals surface area contributed by atoms with E-state index >= 15 is 0 Å². The van der Waals surface area contributed by atoms with Crippen molar-refractivity contribution in [2.24, 2.45) is 0 Å². The van der Waals surface area contributed by atoms with E-state index in [9.17, 15) is 0 Å². The van der Waals surface area contributed by atoms with Gasteiger partial charge in [0.05, 0.1) is 42.6 Å². The summed E-state index contributed by atoms with van der Waals surface area (Å²) < 4.78 is 5.63. The third-order valence-electron chi connectivity index (χ3n) is 6.83. The zero-order chi connectivity index (χ0) is 24.4. The van der Waals surface area contributed by atoms with E-state index < -0.39 is 0 Å². The molecule has 3 aromatic heterocycles. The summed E-state index contributed by atoms with van der Waals surface area (Å²) in [7, 11) is 0. The summed E-state index contributed by atoms with van der Waals surface area (Å²) in [5, 5.41) is 10.6. The van der Waals surface area contributed by atoms with Crippen molar-refractivity contribution in [1.82, 2.24) is 25.1 Å². The molecule has 5 rings (SSSR count). The van der Waals surface area contributed by atoms with E-state index in [0.29, 0.717) is 23.7 Å². The Balaban J connectivity index is 1.30. The second-order valence-electron chi connectivity index (χ2n) is 9.62. The number of hydrogen-bond acceptors (Lipinski definition) is 6. The number of nitrogens with zero attached hydrogens (tertiary/aromatic N) is 4. The van der Waals surface area contributed by atoms with Crippen LogP contribution in [0.1, 0.15) is 56.9 Å². The first-order chi connectivity index (χ1) is 17.0. The largest absolute Gasteiger partial charge is 0.474 e. The van der Waals surface area contributed by atoms with Crippen molar-refractivity contribution in [2.45, 2.75) is 65.0 Å². The molecule has 0 atom stereocenters. The lowest BCUT2D eigenvalue weighted by Crippen LogP contribution is -2.09. The average Bonchev–Trinajstić information content (AvgIpc) is 3.51. The number of aromatic nitrogens is 5. The molecule has 0 radical (unpaired) electrons. The summed E-state index contributed by atoms with van der Waals surface area (Å²) >= 11 is 0. The van der Waals surface area contributed by atoms with Gasteiger partial charge in [0.2, 0.25) is 5.88 Å².